The second-order valence-electron chi connectivity index (χ2n) is 8.34. The van der Waals surface area contributed by atoms with Gasteiger partial charge in [0.15, 0.2) is 0 Å². The van der Waals surface area contributed by atoms with E-state index in [0.717, 1.165) is 29.9 Å². The zero-order valence-electron chi connectivity index (χ0n) is 19.1. The molecule has 1 heterocycles. The summed E-state index contributed by atoms with van der Waals surface area (Å²) in [4.78, 5) is 11.6. The fourth-order valence-corrected chi connectivity index (χ4v) is 3.93. The van der Waals surface area contributed by atoms with Crippen molar-refractivity contribution in [2.75, 3.05) is 19.7 Å². The fourth-order valence-electron chi connectivity index (χ4n) is 3.93. The highest BCUT2D eigenvalue weighted by Crippen LogP contribution is 2.34. The van der Waals surface area contributed by atoms with Gasteiger partial charge in [-0.15, -0.1) is 0 Å². The number of aromatic carboxylic acids is 1. The number of aliphatic hydroxyl groups is 1. The predicted molar refractivity (Wildman–Crippen MR) is 128 cm³/mol. The van der Waals surface area contributed by atoms with Crippen molar-refractivity contribution >= 4 is 5.97 Å². The predicted octanol–water partition coefficient (Wildman–Crippen LogP) is 4.21. The number of hydrogen-bond acceptors (Lipinski definition) is 6. The number of hydrogen-bond donors (Lipinski definition) is 3. The van der Waals surface area contributed by atoms with Crippen LogP contribution >= 0.6 is 0 Å². The average molecular weight is 464 g/mol. The van der Waals surface area contributed by atoms with Crippen LogP contribution in [-0.2, 0) is 6.42 Å². The van der Waals surface area contributed by atoms with E-state index in [2.05, 4.69) is 5.32 Å². The van der Waals surface area contributed by atoms with Gasteiger partial charge in [0, 0.05) is 13.1 Å². The molecule has 0 unspecified atom stereocenters. The SMILES string of the molecule is Cc1cccc(Oc2ccc3c(c2)CC[C@H](CNC[C@H](O)COc2ccccc2)O3)c1C(=O)O. The van der Waals surface area contributed by atoms with Gasteiger partial charge in [-0.05, 0) is 67.3 Å². The third-order valence-corrected chi connectivity index (χ3v) is 5.68. The van der Waals surface area contributed by atoms with Crippen LogP contribution in [0.15, 0.2) is 66.7 Å². The molecule has 0 spiro atoms. The largest absolute Gasteiger partial charge is 0.491 e. The second kappa shape index (κ2) is 11.0. The molecule has 0 saturated heterocycles. The van der Waals surface area contributed by atoms with Gasteiger partial charge in [0.05, 0.1) is 0 Å². The minimum Gasteiger partial charge on any atom is -0.491 e. The Bertz CT molecular complexity index is 1120. The first-order chi connectivity index (χ1) is 16.5. The average Bonchev–Trinajstić information content (AvgIpc) is 2.83. The molecule has 178 valence electrons. The lowest BCUT2D eigenvalue weighted by Gasteiger charge is -2.27. The molecule has 7 nitrogen and oxygen atoms in total. The number of carboxylic acids is 1. The standard InChI is InChI=1S/C27H29NO6/c1-18-6-5-9-25(26(18)27(30)31)33-22-12-13-24-19(14-22)10-11-23(34-24)16-28-15-20(29)17-32-21-7-3-2-4-8-21/h2-9,12-14,20,23,28-29H,10-11,15-17H2,1H3,(H,30,31)/t20-,23+/m0/s1. The van der Waals surface area contributed by atoms with Crippen molar-refractivity contribution in [1.29, 1.82) is 0 Å². The Labute approximate surface area is 198 Å². The van der Waals surface area contributed by atoms with Gasteiger partial charge >= 0.3 is 5.97 Å². The van der Waals surface area contributed by atoms with Gasteiger partial charge in [0.25, 0.3) is 0 Å². The summed E-state index contributed by atoms with van der Waals surface area (Å²) in [5.41, 5.74) is 1.84. The molecule has 4 rings (SSSR count). The fraction of sp³-hybridized carbons (Fsp3) is 0.296. The summed E-state index contributed by atoms with van der Waals surface area (Å²) in [5.74, 6) is 1.41. The minimum atomic E-state index is -1.01. The lowest BCUT2D eigenvalue weighted by molar-refractivity contribution is 0.0693. The Morgan fingerprint density at radius 1 is 1.12 bits per heavy atom. The van der Waals surface area contributed by atoms with Gasteiger partial charge in [-0.25, -0.2) is 4.79 Å². The van der Waals surface area contributed by atoms with Crippen molar-refractivity contribution in [2.24, 2.45) is 0 Å². The number of nitrogens with one attached hydrogen (secondary N) is 1. The Balaban J connectivity index is 1.27. The molecule has 0 bridgehead atoms. The van der Waals surface area contributed by atoms with E-state index in [1.807, 2.05) is 42.5 Å². The second-order valence-corrected chi connectivity index (χ2v) is 8.34. The summed E-state index contributed by atoms with van der Waals surface area (Å²) in [6.45, 7) is 3.00. The molecule has 3 aromatic carbocycles. The molecule has 0 radical (unpaired) electrons. The number of carboxylic acid groups (broad SMARTS) is 1. The van der Waals surface area contributed by atoms with Crippen LogP contribution < -0.4 is 19.5 Å². The number of aryl methyl sites for hydroxylation is 2. The first-order valence-corrected chi connectivity index (χ1v) is 11.4. The lowest BCUT2D eigenvalue weighted by Crippen LogP contribution is -2.39. The maximum atomic E-state index is 11.6. The van der Waals surface area contributed by atoms with Gasteiger partial charge < -0.3 is 29.7 Å². The molecule has 0 saturated carbocycles. The van der Waals surface area contributed by atoms with E-state index < -0.39 is 12.1 Å². The number of para-hydroxylation sites is 1. The number of rotatable bonds is 10. The van der Waals surface area contributed by atoms with Gasteiger partial charge in [-0.2, -0.15) is 0 Å². The summed E-state index contributed by atoms with van der Waals surface area (Å²) in [6, 6.07) is 20.1. The molecule has 7 heteroatoms. The molecule has 3 aromatic rings. The zero-order valence-corrected chi connectivity index (χ0v) is 19.1. The van der Waals surface area contributed by atoms with E-state index in [-0.39, 0.29) is 18.3 Å². The Morgan fingerprint density at radius 3 is 2.74 bits per heavy atom. The number of benzene rings is 3. The smallest absolute Gasteiger partial charge is 0.339 e. The minimum absolute atomic E-state index is 0.00287. The molecular formula is C27H29NO6. The maximum absolute atomic E-state index is 11.6. The first-order valence-electron chi connectivity index (χ1n) is 11.4. The molecule has 0 amide bonds. The molecule has 1 aliphatic rings. The zero-order chi connectivity index (χ0) is 23.9. The summed E-state index contributed by atoms with van der Waals surface area (Å²) in [5, 5.41) is 22.9. The first kappa shape index (κ1) is 23.6. The van der Waals surface area contributed by atoms with Crippen LogP contribution in [-0.4, -0.2) is 48.1 Å². The summed E-state index contributed by atoms with van der Waals surface area (Å²) < 4.78 is 17.6. The summed E-state index contributed by atoms with van der Waals surface area (Å²) in [6.07, 6.45) is 1.02. The van der Waals surface area contributed by atoms with Crippen molar-refractivity contribution in [3.8, 4) is 23.0 Å². The van der Waals surface area contributed by atoms with Crippen LogP contribution in [0.2, 0.25) is 0 Å². The van der Waals surface area contributed by atoms with Gasteiger partial charge in [-0.3, -0.25) is 0 Å². The van der Waals surface area contributed by atoms with E-state index in [4.69, 9.17) is 14.2 Å². The molecule has 3 N–H and O–H groups in total. The topological polar surface area (TPSA) is 97.3 Å². The van der Waals surface area contributed by atoms with E-state index in [1.165, 1.54) is 0 Å². The molecule has 0 aliphatic carbocycles. The van der Waals surface area contributed by atoms with Crippen LogP contribution in [0.4, 0.5) is 0 Å². The third kappa shape index (κ3) is 6.07. The highest BCUT2D eigenvalue weighted by molar-refractivity contribution is 5.92. The normalized spacial score (nSPS) is 15.6. The van der Waals surface area contributed by atoms with Gasteiger partial charge in [0.1, 0.15) is 47.4 Å². The molecule has 2 atom stereocenters. The highest BCUT2D eigenvalue weighted by Gasteiger charge is 2.21. The monoisotopic (exact) mass is 463 g/mol. The van der Waals surface area contributed by atoms with Crippen molar-refractivity contribution in [3.05, 3.63) is 83.4 Å². The number of fused-ring (bicyclic) bond motifs is 1. The van der Waals surface area contributed by atoms with E-state index in [1.54, 1.807) is 31.2 Å². The molecule has 1 aliphatic heterocycles. The van der Waals surface area contributed by atoms with Crippen molar-refractivity contribution in [1.82, 2.24) is 5.32 Å². The Hall–Kier alpha value is -3.55. The highest BCUT2D eigenvalue weighted by atomic mass is 16.5. The van der Waals surface area contributed by atoms with Crippen LogP contribution in [0, 0.1) is 6.92 Å². The van der Waals surface area contributed by atoms with Crippen molar-refractivity contribution in [2.45, 2.75) is 32.0 Å². The van der Waals surface area contributed by atoms with E-state index in [0.29, 0.717) is 30.2 Å². The quantitative estimate of drug-likeness (QED) is 0.414. The molecule has 0 fully saturated rings. The van der Waals surface area contributed by atoms with Crippen LogP contribution in [0.25, 0.3) is 0 Å². The number of carbonyl (C=O) groups is 1. The maximum Gasteiger partial charge on any atom is 0.339 e. The molecule has 34 heavy (non-hydrogen) atoms. The lowest BCUT2D eigenvalue weighted by atomic mass is 10.0. The summed E-state index contributed by atoms with van der Waals surface area (Å²) in [7, 11) is 0. The Morgan fingerprint density at radius 2 is 1.94 bits per heavy atom. The number of aliphatic hydroxyl groups excluding tert-OH is 1. The summed E-state index contributed by atoms with van der Waals surface area (Å²) >= 11 is 0. The number of ether oxygens (including phenoxy) is 3. The third-order valence-electron chi connectivity index (χ3n) is 5.68. The van der Waals surface area contributed by atoms with Crippen LogP contribution in [0.5, 0.6) is 23.0 Å². The molecule has 0 aromatic heterocycles. The van der Waals surface area contributed by atoms with Crippen molar-refractivity contribution < 1.29 is 29.2 Å². The van der Waals surface area contributed by atoms with Crippen LogP contribution in [0.3, 0.4) is 0 Å². The van der Waals surface area contributed by atoms with Crippen LogP contribution in [0.1, 0.15) is 27.9 Å². The van der Waals surface area contributed by atoms with Gasteiger partial charge in [-0.1, -0.05) is 30.3 Å². The Kier molecular flexibility index (Phi) is 7.67. The van der Waals surface area contributed by atoms with Gasteiger partial charge in [0.2, 0.25) is 0 Å². The van der Waals surface area contributed by atoms with E-state index in [9.17, 15) is 15.0 Å². The van der Waals surface area contributed by atoms with E-state index >= 15 is 0 Å². The van der Waals surface area contributed by atoms with Crippen molar-refractivity contribution in [3.63, 3.8) is 0 Å². The molecular weight excluding hydrogens is 434 g/mol.